The van der Waals surface area contributed by atoms with Crippen LogP contribution >= 0.6 is 0 Å². The second kappa shape index (κ2) is 8.03. The molecule has 1 amide bonds. The van der Waals surface area contributed by atoms with Crippen LogP contribution in [-0.4, -0.2) is 31.4 Å². The number of carbonyl (C=O) groups is 3. The number of hydrogen-bond donors (Lipinski definition) is 1. The molecule has 2 aromatic rings. The molecule has 1 aliphatic rings. The third-order valence-corrected chi connectivity index (χ3v) is 4.46. The number of rotatable bonds is 6. The van der Waals surface area contributed by atoms with E-state index in [1.807, 2.05) is 19.1 Å². The normalized spacial score (nSPS) is 12.7. The summed E-state index contributed by atoms with van der Waals surface area (Å²) in [6.45, 7) is 1.61. The Hall–Kier alpha value is -3.15. The summed E-state index contributed by atoms with van der Waals surface area (Å²) in [5.41, 5.74) is 3.84. The molecule has 27 heavy (non-hydrogen) atoms. The lowest BCUT2D eigenvalue weighted by atomic mass is 9.99. The number of nitrogens with one attached hydrogen (secondary N) is 1. The number of hydrogen-bond acceptors (Lipinski definition) is 5. The molecule has 140 valence electrons. The Balaban J connectivity index is 1.60. The van der Waals surface area contributed by atoms with Crippen molar-refractivity contribution in [3.63, 3.8) is 0 Å². The number of benzene rings is 2. The van der Waals surface area contributed by atoms with Gasteiger partial charge in [0.25, 0.3) is 0 Å². The SMILES string of the molecule is COc1ccc(C)cc1CC(=O)OCC(=O)c1ccc2c(c1)CCC(=O)N2. The zero-order valence-corrected chi connectivity index (χ0v) is 15.3. The number of fused-ring (bicyclic) bond motifs is 1. The Morgan fingerprint density at radius 3 is 2.70 bits per heavy atom. The number of ether oxygens (including phenoxy) is 2. The maximum Gasteiger partial charge on any atom is 0.310 e. The molecule has 0 atom stereocenters. The first kappa shape index (κ1) is 18.6. The van der Waals surface area contributed by atoms with Crippen molar-refractivity contribution in [1.82, 2.24) is 0 Å². The summed E-state index contributed by atoms with van der Waals surface area (Å²) in [5, 5.41) is 2.77. The fourth-order valence-electron chi connectivity index (χ4n) is 3.04. The van der Waals surface area contributed by atoms with Crippen LogP contribution in [0.2, 0.25) is 0 Å². The molecule has 1 heterocycles. The van der Waals surface area contributed by atoms with Crippen LogP contribution < -0.4 is 10.1 Å². The molecule has 6 heteroatoms. The van der Waals surface area contributed by atoms with Gasteiger partial charge in [-0.3, -0.25) is 14.4 Å². The summed E-state index contributed by atoms with van der Waals surface area (Å²) in [7, 11) is 1.54. The first-order chi connectivity index (χ1) is 13.0. The third kappa shape index (κ3) is 4.53. The second-order valence-electron chi connectivity index (χ2n) is 6.50. The van der Waals surface area contributed by atoms with E-state index in [9.17, 15) is 14.4 Å². The van der Waals surface area contributed by atoms with Crippen molar-refractivity contribution in [2.75, 3.05) is 19.0 Å². The quantitative estimate of drug-likeness (QED) is 0.627. The molecule has 0 aliphatic carbocycles. The monoisotopic (exact) mass is 367 g/mol. The van der Waals surface area contributed by atoms with Gasteiger partial charge in [-0.15, -0.1) is 0 Å². The molecule has 0 aromatic heterocycles. The molecule has 2 aromatic carbocycles. The Morgan fingerprint density at radius 2 is 1.93 bits per heavy atom. The van der Waals surface area contributed by atoms with Crippen LogP contribution in [0.4, 0.5) is 5.69 Å². The lowest BCUT2D eigenvalue weighted by molar-refractivity contribution is -0.141. The van der Waals surface area contributed by atoms with Crippen LogP contribution in [0.5, 0.6) is 5.75 Å². The standard InChI is InChI=1S/C21H21NO5/c1-13-3-7-19(26-2)16(9-13)11-21(25)27-12-18(23)15-4-6-17-14(10-15)5-8-20(24)22-17/h3-4,6-7,9-10H,5,8,11-12H2,1-2H3,(H,22,24). The van der Waals surface area contributed by atoms with Gasteiger partial charge in [0.15, 0.2) is 12.4 Å². The lowest BCUT2D eigenvalue weighted by Crippen LogP contribution is -2.20. The van der Waals surface area contributed by atoms with Crippen LogP contribution in [0.25, 0.3) is 0 Å². The number of aryl methyl sites for hydroxylation is 2. The molecule has 0 saturated heterocycles. The number of Topliss-reactive ketones (excluding diaryl/α,β-unsaturated/α-hetero) is 1. The van der Waals surface area contributed by atoms with E-state index < -0.39 is 5.97 Å². The van der Waals surface area contributed by atoms with Crippen molar-refractivity contribution in [2.45, 2.75) is 26.2 Å². The predicted octanol–water partition coefficient (Wildman–Crippen LogP) is 2.86. The zero-order chi connectivity index (χ0) is 19.4. The van der Waals surface area contributed by atoms with Gasteiger partial charge < -0.3 is 14.8 Å². The minimum absolute atomic E-state index is 0.0258. The second-order valence-corrected chi connectivity index (χ2v) is 6.50. The van der Waals surface area contributed by atoms with E-state index in [1.54, 1.807) is 31.4 Å². The van der Waals surface area contributed by atoms with E-state index in [0.29, 0.717) is 24.2 Å². The van der Waals surface area contributed by atoms with Gasteiger partial charge in [-0.1, -0.05) is 17.7 Å². The van der Waals surface area contributed by atoms with Crippen LogP contribution in [0.1, 0.15) is 33.5 Å². The van der Waals surface area contributed by atoms with Gasteiger partial charge in [0.1, 0.15) is 5.75 Å². The topological polar surface area (TPSA) is 81.7 Å². The largest absolute Gasteiger partial charge is 0.496 e. The molecular weight excluding hydrogens is 346 g/mol. The third-order valence-electron chi connectivity index (χ3n) is 4.46. The van der Waals surface area contributed by atoms with Gasteiger partial charge in [-0.2, -0.15) is 0 Å². The smallest absolute Gasteiger partial charge is 0.310 e. The van der Waals surface area contributed by atoms with E-state index in [-0.39, 0.29) is 24.7 Å². The van der Waals surface area contributed by atoms with Crippen molar-refractivity contribution in [2.24, 2.45) is 0 Å². The van der Waals surface area contributed by atoms with Gasteiger partial charge in [-0.25, -0.2) is 0 Å². The minimum Gasteiger partial charge on any atom is -0.496 e. The highest BCUT2D eigenvalue weighted by atomic mass is 16.5. The highest BCUT2D eigenvalue weighted by Crippen LogP contribution is 2.24. The van der Waals surface area contributed by atoms with E-state index in [2.05, 4.69) is 5.32 Å². The highest BCUT2D eigenvalue weighted by molar-refractivity contribution is 6.00. The Bertz CT molecular complexity index is 903. The van der Waals surface area contributed by atoms with E-state index in [4.69, 9.17) is 9.47 Å². The first-order valence-corrected chi connectivity index (χ1v) is 8.71. The predicted molar refractivity (Wildman–Crippen MR) is 100 cm³/mol. The van der Waals surface area contributed by atoms with E-state index in [0.717, 1.165) is 22.4 Å². The number of amides is 1. The number of methoxy groups -OCH3 is 1. The zero-order valence-electron chi connectivity index (χ0n) is 15.3. The van der Waals surface area contributed by atoms with E-state index in [1.165, 1.54) is 0 Å². The molecular formula is C21H21NO5. The maximum atomic E-state index is 12.3. The van der Waals surface area contributed by atoms with Crippen LogP contribution in [0, 0.1) is 6.92 Å². The van der Waals surface area contributed by atoms with Crippen LogP contribution in [0.3, 0.4) is 0 Å². The van der Waals surface area contributed by atoms with Gasteiger partial charge in [0.05, 0.1) is 13.5 Å². The van der Waals surface area contributed by atoms with Crippen molar-refractivity contribution < 1.29 is 23.9 Å². The number of esters is 1. The van der Waals surface area contributed by atoms with E-state index >= 15 is 0 Å². The summed E-state index contributed by atoms with van der Waals surface area (Å²) < 4.78 is 10.4. The molecule has 1 N–H and O–H groups in total. The van der Waals surface area contributed by atoms with Crippen LogP contribution in [-0.2, 0) is 27.2 Å². The Kier molecular flexibility index (Phi) is 5.54. The fraction of sp³-hybridized carbons (Fsp3) is 0.286. The molecule has 0 spiro atoms. The van der Waals surface area contributed by atoms with Gasteiger partial charge in [0, 0.05) is 23.2 Å². The number of ketones is 1. The highest BCUT2D eigenvalue weighted by Gasteiger charge is 2.18. The molecule has 0 saturated carbocycles. The average molecular weight is 367 g/mol. The Labute approximate surface area is 157 Å². The summed E-state index contributed by atoms with van der Waals surface area (Å²) in [6.07, 6.45) is 1.03. The average Bonchev–Trinajstić information content (AvgIpc) is 2.66. The summed E-state index contributed by atoms with van der Waals surface area (Å²) in [4.78, 5) is 35.9. The number of carbonyl (C=O) groups excluding carboxylic acids is 3. The molecule has 3 rings (SSSR count). The summed E-state index contributed by atoms with van der Waals surface area (Å²) >= 11 is 0. The minimum atomic E-state index is -0.488. The molecule has 0 bridgehead atoms. The first-order valence-electron chi connectivity index (χ1n) is 8.71. The lowest BCUT2D eigenvalue weighted by Gasteiger charge is -2.17. The molecule has 0 fully saturated rings. The van der Waals surface area contributed by atoms with Gasteiger partial charge in [0.2, 0.25) is 5.91 Å². The van der Waals surface area contributed by atoms with Gasteiger partial charge >= 0.3 is 5.97 Å². The molecule has 0 radical (unpaired) electrons. The number of anilines is 1. The Morgan fingerprint density at radius 1 is 1.11 bits per heavy atom. The van der Waals surface area contributed by atoms with Crippen molar-refractivity contribution in [3.05, 3.63) is 58.7 Å². The van der Waals surface area contributed by atoms with Crippen LogP contribution in [0.15, 0.2) is 36.4 Å². The van der Waals surface area contributed by atoms with Crippen molar-refractivity contribution in [3.8, 4) is 5.75 Å². The molecule has 0 unspecified atom stereocenters. The molecule has 6 nitrogen and oxygen atoms in total. The maximum absolute atomic E-state index is 12.3. The van der Waals surface area contributed by atoms with Crippen molar-refractivity contribution >= 4 is 23.3 Å². The summed E-state index contributed by atoms with van der Waals surface area (Å²) in [6, 6.07) is 10.6. The summed E-state index contributed by atoms with van der Waals surface area (Å²) in [5.74, 6) is -0.181. The fourth-order valence-corrected chi connectivity index (χ4v) is 3.04. The molecule has 1 aliphatic heterocycles. The van der Waals surface area contributed by atoms with Gasteiger partial charge in [-0.05, 0) is 43.2 Å². The van der Waals surface area contributed by atoms with Crippen molar-refractivity contribution in [1.29, 1.82) is 0 Å².